The van der Waals surface area contributed by atoms with E-state index in [0.29, 0.717) is 0 Å². The second-order valence-corrected chi connectivity index (χ2v) is 20.1. The van der Waals surface area contributed by atoms with E-state index in [-0.39, 0.29) is 16.2 Å². The maximum Gasteiger partial charge on any atom is 0.0502 e. The van der Waals surface area contributed by atoms with Gasteiger partial charge in [-0.2, -0.15) is 0 Å². The number of fused-ring (bicyclic) bond motifs is 9. The van der Waals surface area contributed by atoms with Crippen LogP contribution in [0.2, 0.25) is 0 Å². The van der Waals surface area contributed by atoms with Gasteiger partial charge in [-0.3, -0.25) is 0 Å². The van der Waals surface area contributed by atoms with Gasteiger partial charge in [0.05, 0.1) is 11.4 Å². The lowest BCUT2D eigenvalue weighted by Crippen LogP contribution is -2.30. The molecule has 0 saturated heterocycles. The molecule has 2 aliphatic carbocycles. The molecule has 2 heterocycles. The molecule has 4 aliphatic rings. The van der Waals surface area contributed by atoms with Crippen LogP contribution in [0.1, 0.15) is 98.0 Å². The minimum absolute atomic E-state index is 0.0735. The van der Waals surface area contributed by atoms with Gasteiger partial charge in [-0.05, 0) is 145 Å². The molecule has 0 aromatic heterocycles. The molecular weight excluding hydrogens is 773 g/mol. The lowest BCUT2D eigenvalue weighted by molar-refractivity contribution is 0.632. The topological polar surface area (TPSA) is 6.48 Å². The fourth-order valence-corrected chi connectivity index (χ4v) is 11.8. The lowest BCUT2D eigenvalue weighted by Gasteiger charge is -2.42. The standard InChI is InChI=1S/C62H54N2/c1-60(2)51-16-8-11-19-58(51)64(59-20-12-9-17-52(59)60)45-28-25-42(26-29-45)44-27-33-49-47-31-23-40(36-53(47)61(3,4)55(49)38-44)21-22-41-24-32-48-50-34-30-46(39-56(50)62(5,6)54(48)37-41)63-35-13-15-43-14-7-10-18-57(43)63/h7-12,14,16-34,36-39H,13,15,35H2,1-6H3. The summed E-state index contributed by atoms with van der Waals surface area (Å²) in [6.45, 7) is 15.3. The first-order valence-corrected chi connectivity index (χ1v) is 23.2. The van der Waals surface area contributed by atoms with Crippen molar-refractivity contribution in [3.8, 4) is 33.4 Å². The molecule has 0 unspecified atom stereocenters. The monoisotopic (exact) mass is 826 g/mol. The maximum absolute atomic E-state index is 2.52. The summed E-state index contributed by atoms with van der Waals surface area (Å²) in [7, 11) is 0. The summed E-state index contributed by atoms with van der Waals surface area (Å²) >= 11 is 0. The highest BCUT2D eigenvalue weighted by Gasteiger charge is 2.39. The van der Waals surface area contributed by atoms with Gasteiger partial charge in [0.25, 0.3) is 0 Å². The fraction of sp³-hybridized carbons (Fsp3) is 0.194. The summed E-state index contributed by atoms with van der Waals surface area (Å²) in [6, 6.07) is 64.2. The Morgan fingerprint density at radius 2 is 0.844 bits per heavy atom. The van der Waals surface area contributed by atoms with Crippen LogP contribution in [0.3, 0.4) is 0 Å². The van der Waals surface area contributed by atoms with Gasteiger partial charge in [-0.1, -0.05) is 175 Å². The smallest absolute Gasteiger partial charge is 0.0502 e. The molecule has 0 bridgehead atoms. The number of rotatable bonds is 5. The van der Waals surface area contributed by atoms with Crippen molar-refractivity contribution in [3.05, 3.63) is 220 Å². The number of anilines is 5. The fourth-order valence-electron chi connectivity index (χ4n) is 11.8. The molecule has 2 heteroatoms. The molecule has 0 spiro atoms. The van der Waals surface area contributed by atoms with Crippen molar-refractivity contribution < 1.29 is 0 Å². The third-order valence-corrected chi connectivity index (χ3v) is 15.4. The number of nitrogens with zero attached hydrogens (tertiary/aromatic N) is 2. The van der Waals surface area contributed by atoms with Crippen LogP contribution in [0.25, 0.3) is 45.5 Å². The first-order valence-electron chi connectivity index (χ1n) is 23.2. The first-order chi connectivity index (χ1) is 31.0. The van der Waals surface area contributed by atoms with E-state index in [1.165, 1.54) is 118 Å². The third-order valence-electron chi connectivity index (χ3n) is 15.4. The summed E-state index contributed by atoms with van der Waals surface area (Å²) in [5.74, 6) is 0. The Bertz CT molecular complexity index is 3180. The minimum atomic E-state index is -0.128. The highest BCUT2D eigenvalue weighted by Crippen LogP contribution is 2.54. The quantitative estimate of drug-likeness (QED) is 0.160. The van der Waals surface area contributed by atoms with Gasteiger partial charge in [0.1, 0.15) is 0 Å². The van der Waals surface area contributed by atoms with Crippen LogP contribution in [0, 0.1) is 0 Å². The second kappa shape index (κ2) is 14.1. The van der Waals surface area contributed by atoms with Gasteiger partial charge < -0.3 is 9.80 Å². The zero-order valence-electron chi connectivity index (χ0n) is 37.8. The number of aryl methyl sites for hydroxylation is 1. The van der Waals surface area contributed by atoms with Gasteiger partial charge in [0.2, 0.25) is 0 Å². The molecular formula is C62H54N2. The Labute approximate surface area is 379 Å². The van der Waals surface area contributed by atoms with Crippen LogP contribution in [-0.4, -0.2) is 6.54 Å². The van der Waals surface area contributed by atoms with Gasteiger partial charge in [0.15, 0.2) is 0 Å². The molecule has 8 aromatic rings. The average molecular weight is 827 g/mol. The predicted octanol–water partition coefficient (Wildman–Crippen LogP) is 16.3. The summed E-state index contributed by atoms with van der Waals surface area (Å²) < 4.78 is 0. The van der Waals surface area contributed by atoms with Crippen LogP contribution in [0.5, 0.6) is 0 Å². The Balaban J connectivity index is 0.800. The van der Waals surface area contributed by atoms with Crippen LogP contribution < -0.4 is 9.80 Å². The third kappa shape index (κ3) is 5.78. The van der Waals surface area contributed by atoms with Crippen LogP contribution >= 0.6 is 0 Å². The van der Waals surface area contributed by atoms with Gasteiger partial charge in [-0.25, -0.2) is 0 Å². The van der Waals surface area contributed by atoms with E-state index in [1.54, 1.807) is 0 Å². The molecule has 312 valence electrons. The van der Waals surface area contributed by atoms with Crippen molar-refractivity contribution in [2.45, 2.75) is 70.6 Å². The van der Waals surface area contributed by atoms with Gasteiger partial charge in [0, 0.05) is 39.9 Å². The molecule has 0 N–H and O–H groups in total. The zero-order chi connectivity index (χ0) is 43.5. The number of hydrogen-bond acceptors (Lipinski definition) is 2. The zero-order valence-corrected chi connectivity index (χ0v) is 37.8. The summed E-state index contributed by atoms with van der Waals surface area (Å²) in [5.41, 5.74) is 26.2. The first kappa shape index (κ1) is 38.7. The normalized spacial score (nSPS) is 16.7. The van der Waals surface area contributed by atoms with Crippen LogP contribution in [-0.2, 0) is 22.7 Å². The van der Waals surface area contributed by atoms with E-state index in [9.17, 15) is 0 Å². The van der Waals surface area contributed by atoms with E-state index < -0.39 is 0 Å². The molecule has 0 radical (unpaired) electrons. The van der Waals surface area contributed by atoms with E-state index in [1.807, 2.05) is 0 Å². The molecule has 2 nitrogen and oxygen atoms in total. The number of hydrogen-bond donors (Lipinski definition) is 0. The Hall–Kier alpha value is -6.90. The highest BCUT2D eigenvalue weighted by atomic mass is 15.2. The lowest BCUT2D eigenvalue weighted by atomic mass is 9.73. The van der Waals surface area contributed by atoms with Crippen LogP contribution in [0.15, 0.2) is 170 Å². The maximum atomic E-state index is 2.52. The van der Waals surface area contributed by atoms with Crippen molar-refractivity contribution in [2.75, 3.05) is 16.3 Å². The molecule has 0 amide bonds. The van der Waals surface area contributed by atoms with Crippen LogP contribution in [0.4, 0.5) is 28.4 Å². The van der Waals surface area contributed by atoms with Crippen molar-refractivity contribution in [1.29, 1.82) is 0 Å². The molecule has 0 atom stereocenters. The average Bonchev–Trinajstić information content (AvgIpc) is 3.69. The SMILES string of the molecule is CC1(C)c2cc(C=Cc3ccc4c(c3)C(C)(C)c3cc(N5CCCc6ccccc65)ccc3-4)ccc2-c2ccc(-c3ccc(N4c5ccccc5C(C)(C)c5ccccc54)cc3)cc21. The van der Waals surface area contributed by atoms with Crippen molar-refractivity contribution in [1.82, 2.24) is 0 Å². The highest BCUT2D eigenvalue weighted by molar-refractivity contribution is 5.89. The molecule has 0 fully saturated rings. The number of benzene rings is 8. The van der Waals surface area contributed by atoms with E-state index >= 15 is 0 Å². The molecule has 12 rings (SSSR count). The van der Waals surface area contributed by atoms with E-state index in [4.69, 9.17) is 0 Å². The van der Waals surface area contributed by atoms with Crippen molar-refractivity contribution in [2.24, 2.45) is 0 Å². The number of para-hydroxylation sites is 3. The van der Waals surface area contributed by atoms with E-state index in [0.717, 1.165) is 13.0 Å². The molecule has 2 aliphatic heterocycles. The van der Waals surface area contributed by atoms with Crippen molar-refractivity contribution >= 4 is 40.6 Å². The minimum Gasteiger partial charge on any atom is -0.341 e. The summed E-state index contributed by atoms with van der Waals surface area (Å²) in [6.07, 6.45) is 6.94. The molecule has 0 saturated carbocycles. The Kier molecular flexibility index (Phi) is 8.51. The van der Waals surface area contributed by atoms with Gasteiger partial charge in [-0.15, -0.1) is 0 Å². The largest absolute Gasteiger partial charge is 0.341 e. The summed E-state index contributed by atoms with van der Waals surface area (Å²) in [4.78, 5) is 4.96. The Morgan fingerprint density at radius 1 is 0.391 bits per heavy atom. The van der Waals surface area contributed by atoms with Crippen molar-refractivity contribution in [3.63, 3.8) is 0 Å². The van der Waals surface area contributed by atoms with E-state index in [2.05, 4.69) is 233 Å². The predicted molar refractivity (Wildman–Crippen MR) is 271 cm³/mol. The molecule has 8 aromatic carbocycles. The molecule has 64 heavy (non-hydrogen) atoms. The van der Waals surface area contributed by atoms with Gasteiger partial charge >= 0.3 is 0 Å². The summed E-state index contributed by atoms with van der Waals surface area (Å²) in [5, 5.41) is 0. The Morgan fingerprint density at radius 3 is 1.45 bits per heavy atom. The second-order valence-electron chi connectivity index (χ2n) is 20.1.